The van der Waals surface area contributed by atoms with Gasteiger partial charge in [-0.2, -0.15) is 5.26 Å². The summed E-state index contributed by atoms with van der Waals surface area (Å²) in [5.41, 5.74) is 1.68. The van der Waals surface area contributed by atoms with Crippen LogP contribution in [0.25, 0.3) is 6.08 Å². The third-order valence-electron chi connectivity index (χ3n) is 1.58. The van der Waals surface area contributed by atoms with Crippen LogP contribution in [0, 0.1) is 24.1 Å². The van der Waals surface area contributed by atoms with Gasteiger partial charge in [0, 0.05) is 0 Å². The maximum atomic E-state index is 12.8. The quantitative estimate of drug-likeness (QED) is 0.677. The molecule has 0 unspecified atom stereocenters. The fourth-order valence-corrected chi connectivity index (χ4v) is 1.11. The average molecular weight is 175 g/mol. The molecule has 0 aliphatic heterocycles. The van der Waals surface area contributed by atoms with Crippen molar-refractivity contribution in [3.8, 4) is 6.07 Å². The minimum absolute atomic E-state index is 0.239. The standard InChI is InChI=1S/C11H10FN/c1-9-6-10(4-2-3-5-13)8-11(12)7-9/h2,4,6-8H,3H2,1H3. The molecule has 1 aromatic carbocycles. The van der Waals surface area contributed by atoms with E-state index in [0.29, 0.717) is 6.42 Å². The molecule has 0 heterocycles. The van der Waals surface area contributed by atoms with Crippen LogP contribution in [-0.2, 0) is 0 Å². The van der Waals surface area contributed by atoms with Crippen molar-refractivity contribution >= 4 is 6.08 Å². The molecule has 2 heteroatoms. The molecule has 0 radical (unpaired) electrons. The van der Waals surface area contributed by atoms with Crippen molar-refractivity contribution < 1.29 is 4.39 Å². The highest BCUT2D eigenvalue weighted by Crippen LogP contribution is 2.09. The number of allylic oxidation sites excluding steroid dienone is 1. The zero-order chi connectivity index (χ0) is 9.68. The average Bonchev–Trinajstić information content (AvgIpc) is 2.03. The van der Waals surface area contributed by atoms with Crippen molar-refractivity contribution in [2.45, 2.75) is 13.3 Å². The Balaban J connectivity index is 2.84. The first-order valence-corrected chi connectivity index (χ1v) is 4.03. The Bertz CT molecular complexity index is 341. The van der Waals surface area contributed by atoms with Crippen LogP contribution < -0.4 is 0 Å². The molecular formula is C11H10FN. The number of nitrogens with zero attached hydrogens (tertiary/aromatic N) is 1. The van der Waals surface area contributed by atoms with E-state index in [1.807, 2.05) is 19.1 Å². The molecular weight excluding hydrogens is 165 g/mol. The lowest BCUT2D eigenvalue weighted by Gasteiger charge is -1.96. The van der Waals surface area contributed by atoms with Crippen molar-refractivity contribution in [3.63, 3.8) is 0 Å². The Hall–Kier alpha value is -1.62. The van der Waals surface area contributed by atoms with E-state index in [1.54, 1.807) is 12.2 Å². The van der Waals surface area contributed by atoms with Crippen molar-refractivity contribution in [1.29, 1.82) is 5.26 Å². The summed E-state index contributed by atoms with van der Waals surface area (Å²) >= 11 is 0. The molecule has 1 aromatic rings. The van der Waals surface area contributed by atoms with Gasteiger partial charge in [0.05, 0.1) is 12.5 Å². The first-order chi connectivity index (χ1) is 6.22. The van der Waals surface area contributed by atoms with Gasteiger partial charge in [0.2, 0.25) is 0 Å². The van der Waals surface area contributed by atoms with Crippen molar-refractivity contribution in [2.24, 2.45) is 0 Å². The zero-order valence-corrected chi connectivity index (χ0v) is 7.42. The van der Waals surface area contributed by atoms with Gasteiger partial charge < -0.3 is 0 Å². The molecule has 66 valence electrons. The van der Waals surface area contributed by atoms with Crippen LogP contribution in [-0.4, -0.2) is 0 Å². The maximum Gasteiger partial charge on any atom is 0.124 e. The first-order valence-electron chi connectivity index (χ1n) is 4.03. The van der Waals surface area contributed by atoms with Crippen LogP contribution in [0.15, 0.2) is 24.3 Å². The van der Waals surface area contributed by atoms with Crippen LogP contribution in [0.1, 0.15) is 17.5 Å². The van der Waals surface area contributed by atoms with E-state index >= 15 is 0 Å². The monoisotopic (exact) mass is 175 g/mol. The van der Waals surface area contributed by atoms with Gasteiger partial charge in [0.1, 0.15) is 5.82 Å². The maximum absolute atomic E-state index is 12.8. The van der Waals surface area contributed by atoms with Gasteiger partial charge in [0.25, 0.3) is 0 Å². The molecule has 0 spiro atoms. The lowest BCUT2D eigenvalue weighted by atomic mass is 10.1. The summed E-state index contributed by atoms with van der Waals surface area (Å²) in [4.78, 5) is 0. The molecule has 0 atom stereocenters. The molecule has 0 saturated carbocycles. The number of hydrogen-bond donors (Lipinski definition) is 0. The normalized spacial score (nSPS) is 10.2. The Kier molecular flexibility index (Phi) is 3.22. The Morgan fingerprint density at radius 2 is 2.23 bits per heavy atom. The molecule has 0 aliphatic rings. The Morgan fingerprint density at radius 3 is 2.85 bits per heavy atom. The van der Waals surface area contributed by atoms with Gasteiger partial charge in [-0.3, -0.25) is 0 Å². The van der Waals surface area contributed by atoms with E-state index in [0.717, 1.165) is 11.1 Å². The summed E-state index contributed by atoms with van der Waals surface area (Å²) in [6.45, 7) is 1.84. The molecule has 0 saturated heterocycles. The minimum atomic E-state index is -0.239. The van der Waals surface area contributed by atoms with E-state index in [4.69, 9.17) is 5.26 Å². The number of halogens is 1. The number of aryl methyl sites for hydroxylation is 1. The molecule has 0 aliphatic carbocycles. The molecule has 13 heavy (non-hydrogen) atoms. The summed E-state index contributed by atoms with van der Waals surface area (Å²) in [5.74, 6) is -0.239. The number of hydrogen-bond acceptors (Lipinski definition) is 1. The number of nitriles is 1. The summed E-state index contributed by atoms with van der Waals surface area (Å²) in [5, 5.41) is 8.28. The molecule has 0 amide bonds. The van der Waals surface area contributed by atoms with E-state index in [2.05, 4.69) is 0 Å². The van der Waals surface area contributed by atoms with E-state index in [-0.39, 0.29) is 5.82 Å². The highest BCUT2D eigenvalue weighted by atomic mass is 19.1. The summed E-state index contributed by atoms with van der Waals surface area (Å²) in [6, 6.07) is 6.78. The molecule has 1 rings (SSSR count). The van der Waals surface area contributed by atoms with Gasteiger partial charge in [-0.15, -0.1) is 0 Å². The SMILES string of the molecule is Cc1cc(F)cc(C=CCC#N)c1. The van der Waals surface area contributed by atoms with Gasteiger partial charge in [-0.25, -0.2) is 4.39 Å². The largest absolute Gasteiger partial charge is 0.207 e. The predicted molar refractivity (Wildman–Crippen MR) is 50.4 cm³/mol. The summed E-state index contributed by atoms with van der Waals surface area (Å²) in [7, 11) is 0. The fourth-order valence-electron chi connectivity index (χ4n) is 1.11. The molecule has 0 fully saturated rings. The van der Waals surface area contributed by atoms with Gasteiger partial charge in [-0.05, 0) is 30.2 Å². The van der Waals surface area contributed by atoms with Crippen LogP contribution in [0.3, 0.4) is 0 Å². The highest BCUT2D eigenvalue weighted by molar-refractivity contribution is 5.50. The molecule has 1 nitrogen and oxygen atoms in total. The van der Waals surface area contributed by atoms with Crippen LogP contribution in [0.4, 0.5) is 4.39 Å². The topological polar surface area (TPSA) is 23.8 Å². The molecule has 0 aromatic heterocycles. The Labute approximate surface area is 77.1 Å². The van der Waals surface area contributed by atoms with Crippen LogP contribution >= 0.6 is 0 Å². The lowest BCUT2D eigenvalue weighted by molar-refractivity contribution is 0.626. The predicted octanol–water partition coefficient (Wildman–Crippen LogP) is 3.06. The summed E-state index contributed by atoms with van der Waals surface area (Å²) < 4.78 is 12.8. The van der Waals surface area contributed by atoms with Gasteiger partial charge >= 0.3 is 0 Å². The van der Waals surface area contributed by atoms with Crippen LogP contribution in [0.5, 0.6) is 0 Å². The van der Waals surface area contributed by atoms with Crippen molar-refractivity contribution in [1.82, 2.24) is 0 Å². The second-order valence-electron chi connectivity index (χ2n) is 2.83. The van der Waals surface area contributed by atoms with Gasteiger partial charge in [-0.1, -0.05) is 18.2 Å². The number of rotatable bonds is 2. The van der Waals surface area contributed by atoms with E-state index in [1.165, 1.54) is 12.1 Å². The second-order valence-corrected chi connectivity index (χ2v) is 2.83. The Morgan fingerprint density at radius 1 is 1.46 bits per heavy atom. The molecule has 0 bridgehead atoms. The lowest BCUT2D eigenvalue weighted by Crippen LogP contribution is -1.80. The van der Waals surface area contributed by atoms with Crippen molar-refractivity contribution in [3.05, 3.63) is 41.2 Å². The van der Waals surface area contributed by atoms with Gasteiger partial charge in [0.15, 0.2) is 0 Å². The zero-order valence-electron chi connectivity index (χ0n) is 7.42. The second kappa shape index (κ2) is 4.42. The smallest absolute Gasteiger partial charge is 0.124 e. The first kappa shape index (κ1) is 9.47. The van der Waals surface area contributed by atoms with Crippen molar-refractivity contribution in [2.75, 3.05) is 0 Å². The fraction of sp³-hybridized carbons (Fsp3) is 0.182. The summed E-state index contributed by atoms with van der Waals surface area (Å²) in [6.07, 6.45) is 3.82. The molecule has 0 N–H and O–H groups in total. The highest BCUT2D eigenvalue weighted by Gasteiger charge is 1.93. The third-order valence-corrected chi connectivity index (χ3v) is 1.58. The minimum Gasteiger partial charge on any atom is -0.207 e. The van der Waals surface area contributed by atoms with Crippen LogP contribution in [0.2, 0.25) is 0 Å². The third kappa shape index (κ3) is 3.08. The number of benzene rings is 1. The van der Waals surface area contributed by atoms with E-state index in [9.17, 15) is 4.39 Å². The van der Waals surface area contributed by atoms with E-state index < -0.39 is 0 Å².